The Labute approximate surface area is 145 Å². The molecule has 0 unspecified atom stereocenters. The number of carbonyl (C=O) groups is 1. The first-order valence-corrected chi connectivity index (χ1v) is 9.31. The van der Waals surface area contributed by atoms with E-state index in [-0.39, 0.29) is 5.41 Å². The van der Waals surface area contributed by atoms with Gasteiger partial charge in [-0.3, -0.25) is 9.69 Å². The summed E-state index contributed by atoms with van der Waals surface area (Å²) >= 11 is 0. The van der Waals surface area contributed by atoms with Crippen LogP contribution in [0.25, 0.3) is 0 Å². The molecule has 0 radical (unpaired) electrons. The van der Waals surface area contributed by atoms with Crippen molar-refractivity contribution in [1.29, 1.82) is 0 Å². The van der Waals surface area contributed by atoms with Gasteiger partial charge in [-0.05, 0) is 38.3 Å². The predicted octanol–water partition coefficient (Wildman–Crippen LogP) is 2.67. The summed E-state index contributed by atoms with van der Waals surface area (Å²) in [7, 11) is 0. The maximum Gasteiger partial charge on any atom is 0.222 e. The number of pyridine rings is 1. The number of hydrogen-bond donors (Lipinski definition) is 1. The topological polar surface area (TPSA) is 62.5 Å². The number of nitrogen functional groups attached to an aromatic ring is 1. The zero-order valence-electron chi connectivity index (χ0n) is 14.8. The van der Waals surface area contributed by atoms with Crippen molar-refractivity contribution in [1.82, 2.24) is 14.8 Å². The molecule has 2 N–H and O–H groups in total. The van der Waals surface area contributed by atoms with Gasteiger partial charge in [-0.25, -0.2) is 4.98 Å². The molecule has 1 amide bonds. The summed E-state index contributed by atoms with van der Waals surface area (Å²) in [5.74, 6) is 0.989. The van der Waals surface area contributed by atoms with E-state index in [2.05, 4.69) is 27.8 Å². The fourth-order valence-electron chi connectivity index (χ4n) is 4.26. The van der Waals surface area contributed by atoms with Crippen LogP contribution >= 0.6 is 0 Å². The SMILES string of the molecule is CCCCN1C[C@]2(CCCN(Cc3cccnc3N)C2)CCC1=O. The minimum Gasteiger partial charge on any atom is -0.383 e. The van der Waals surface area contributed by atoms with Crippen molar-refractivity contribution in [3.05, 3.63) is 23.9 Å². The van der Waals surface area contributed by atoms with Crippen LogP contribution in [-0.4, -0.2) is 46.9 Å². The molecule has 24 heavy (non-hydrogen) atoms. The molecule has 3 heterocycles. The number of hydrogen-bond acceptors (Lipinski definition) is 4. The Kier molecular flexibility index (Phi) is 5.39. The molecule has 1 aromatic rings. The van der Waals surface area contributed by atoms with Crippen molar-refractivity contribution in [3.63, 3.8) is 0 Å². The van der Waals surface area contributed by atoms with Crippen molar-refractivity contribution >= 4 is 11.7 Å². The molecule has 3 rings (SSSR count). The number of nitrogens with zero attached hydrogens (tertiary/aromatic N) is 3. The van der Waals surface area contributed by atoms with Gasteiger partial charge < -0.3 is 10.6 Å². The maximum absolute atomic E-state index is 12.2. The average molecular weight is 330 g/mol. The van der Waals surface area contributed by atoms with Crippen molar-refractivity contribution in [3.8, 4) is 0 Å². The Morgan fingerprint density at radius 3 is 3.00 bits per heavy atom. The third-order valence-corrected chi connectivity index (χ3v) is 5.59. The number of aromatic nitrogens is 1. The van der Waals surface area contributed by atoms with Gasteiger partial charge in [0, 0.05) is 49.8 Å². The van der Waals surface area contributed by atoms with E-state index >= 15 is 0 Å². The Balaban J connectivity index is 1.65. The van der Waals surface area contributed by atoms with Crippen LogP contribution in [0.2, 0.25) is 0 Å². The summed E-state index contributed by atoms with van der Waals surface area (Å²) < 4.78 is 0. The zero-order chi connectivity index (χ0) is 17.0. The standard InChI is InChI=1S/C19H30N4O/c1-2-3-12-23-15-19(9-7-17(23)24)8-5-11-22(14-19)13-16-6-4-10-21-18(16)20/h4,6,10H,2-3,5,7-9,11-15H2,1H3,(H2,20,21)/t19-/m1/s1. The second-order valence-electron chi connectivity index (χ2n) is 7.53. The van der Waals surface area contributed by atoms with Crippen molar-refractivity contribution in [2.45, 2.75) is 52.0 Å². The number of amides is 1. The Morgan fingerprint density at radius 2 is 2.21 bits per heavy atom. The van der Waals surface area contributed by atoms with E-state index in [0.717, 1.165) is 57.5 Å². The minimum absolute atomic E-state index is 0.275. The molecule has 0 bridgehead atoms. The number of likely N-dealkylation sites (tertiary alicyclic amines) is 2. The third kappa shape index (κ3) is 3.89. The number of piperidine rings is 2. The molecule has 5 nitrogen and oxygen atoms in total. The molecule has 2 aliphatic rings. The normalized spacial score (nSPS) is 25.4. The highest BCUT2D eigenvalue weighted by molar-refractivity contribution is 5.77. The van der Waals surface area contributed by atoms with E-state index < -0.39 is 0 Å². The van der Waals surface area contributed by atoms with Gasteiger partial charge in [0.15, 0.2) is 0 Å². The molecule has 2 fully saturated rings. The molecule has 2 aliphatic heterocycles. The summed E-state index contributed by atoms with van der Waals surface area (Å²) in [5, 5.41) is 0. The number of unbranched alkanes of at least 4 members (excludes halogenated alkanes) is 1. The second-order valence-corrected chi connectivity index (χ2v) is 7.53. The van der Waals surface area contributed by atoms with Crippen molar-refractivity contribution < 1.29 is 4.79 Å². The summed E-state index contributed by atoms with van der Waals surface area (Å²) in [6.45, 7) is 7.09. The molecule has 0 aromatic carbocycles. The first-order valence-electron chi connectivity index (χ1n) is 9.31. The van der Waals surface area contributed by atoms with Crippen LogP contribution in [-0.2, 0) is 11.3 Å². The maximum atomic E-state index is 12.2. The van der Waals surface area contributed by atoms with Gasteiger partial charge in [-0.15, -0.1) is 0 Å². The van der Waals surface area contributed by atoms with Crippen LogP contribution in [0.5, 0.6) is 0 Å². The van der Waals surface area contributed by atoms with Crippen LogP contribution in [0.15, 0.2) is 18.3 Å². The highest BCUT2D eigenvalue weighted by Crippen LogP contribution is 2.39. The molecule has 1 aromatic heterocycles. The molecule has 1 atom stereocenters. The Morgan fingerprint density at radius 1 is 1.33 bits per heavy atom. The first-order chi connectivity index (χ1) is 11.6. The van der Waals surface area contributed by atoms with Crippen LogP contribution in [0.3, 0.4) is 0 Å². The molecule has 0 aliphatic carbocycles. The lowest BCUT2D eigenvalue weighted by Gasteiger charge is -2.48. The monoisotopic (exact) mass is 330 g/mol. The van der Waals surface area contributed by atoms with E-state index in [1.165, 1.54) is 12.8 Å². The molecular weight excluding hydrogens is 300 g/mol. The number of carbonyl (C=O) groups excluding carboxylic acids is 1. The van der Waals surface area contributed by atoms with Crippen molar-refractivity contribution in [2.24, 2.45) is 5.41 Å². The quantitative estimate of drug-likeness (QED) is 0.901. The fraction of sp³-hybridized carbons (Fsp3) is 0.684. The lowest BCUT2D eigenvalue weighted by molar-refractivity contribution is -0.139. The van der Waals surface area contributed by atoms with Crippen LogP contribution < -0.4 is 5.73 Å². The van der Waals surface area contributed by atoms with Gasteiger partial charge in [0.05, 0.1) is 0 Å². The summed E-state index contributed by atoms with van der Waals surface area (Å²) in [4.78, 5) is 21.1. The van der Waals surface area contributed by atoms with Gasteiger partial charge in [0.2, 0.25) is 5.91 Å². The third-order valence-electron chi connectivity index (χ3n) is 5.59. The van der Waals surface area contributed by atoms with Gasteiger partial charge >= 0.3 is 0 Å². The van der Waals surface area contributed by atoms with Crippen LogP contribution in [0.1, 0.15) is 51.0 Å². The number of anilines is 1. The lowest BCUT2D eigenvalue weighted by Crippen LogP contribution is -2.54. The van der Waals surface area contributed by atoms with E-state index in [9.17, 15) is 4.79 Å². The smallest absolute Gasteiger partial charge is 0.222 e. The van der Waals surface area contributed by atoms with Crippen molar-refractivity contribution in [2.75, 3.05) is 31.9 Å². The van der Waals surface area contributed by atoms with E-state index in [1.54, 1.807) is 6.20 Å². The van der Waals surface area contributed by atoms with Gasteiger partial charge in [-0.2, -0.15) is 0 Å². The Bertz CT molecular complexity index is 576. The largest absolute Gasteiger partial charge is 0.383 e. The van der Waals surface area contributed by atoms with Gasteiger partial charge in [0.25, 0.3) is 0 Å². The molecular formula is C19H30N4O. The highest BCUT2D eigenvalue weighted by Gasteiger charge is 2.41. The van der Waals surface area contributed by atoms with E-state index in [4.69, 9.17) is 5.73 Å². The molecule has 1 spiro atoms. The first kappa shape index (κ1) is 17.2. The summed E-state index contributed by atoms with van der Waals surface area (Å²) in [6.07, 6.45) is 8.19. The van der Waals surface area contributed by atoms with Gasteiger partial charge in [0.1, 0.15) is 5.82 Å². The molecule has 5 heteroatoms. The summed E-state index contributed by atoms with van der Waals surface area (Å²) in [5.41, 5.74) is 7.40. The predicted molar refractivity (Wildman–Crippen MR) is 96.3 cm³/mol. The zero-order valence-corrected chi connectivity index (χ0v) is 14.8. The molecule has 2 saturated heterocycles. The van der Waals surface area contributed by atoms with E-state index in [1.807, 2.05) is 6.07 Å². The minimum atomic E-state index is 0.275. The summed E-state index contributed by atoms with van der Waals surface area (Å²) in [6, 6.07) is 4.03. The van der Waals surface area contributed by atoms with E-state index in [0.29, 0.717) is 18.1 Å². The fourth-order valence-corrected chi connectivity index (χ4v) is 4.26. The Hall–Kier alpha value is -1.62. The highest BCUT2D eigenvalue weighted by atomic mass is 16.2. The molecule has 132 valence electrons. The molecule has 0 saturated carbocycles. The number of rotatable bonds is 5. The average Bonchev–Trinajstić information content (AvgIpc) is 2.58. The van der Waals surface area contributed by atoms with Crippen LogP contribution in [0.4, 0.5) is 5.82 Å². The number of nitrogens with two attached hydrogens (primary N) is 1. The van der Waals surface area contributed by atoms with Crippen LogP contribution in [0, 0.1) is 5.41 Å². The lowest BCUT2D eigenvalue weighted by atomic mass is 9.73. The second kappa shape index (κ2) is 7.51. The van der Waals surface area contributed by atoms with Gasteiger partial charge in [-0.1, -0.05) is 19.4 Å².